The van der Waals surface area contributed by atoms with Gasteiger partial charge in [-0.15, -0.1) is 0 Å². The Labute approximate surface area is 111 Å². The van der Waals surface area contributed by atoms with E-state index in [0.29, 0.717) is 6.54 Å². The molecule has 0 saturated carbocycles. The van der Waals surface area contributed by atoms with Crippen LogP contribution in [0, 0.1) is 0 Å². The minimum Gasteiger partial charge on any atom is -0.508 e. The zero-order valence-corrected chi connectivity index (χ0v) is 10.6. The second-order valence-corrected chi connectivity index (χ2v) is 4.39. The van der Waals surface area contributed by atoms with Crippen LogP contribution in [0.15, 0.2) is 48.5 Å². The van der Waals surface area contributed by atoms with Crippen molar-refractivity contribution in [2.75, 3.05) is 7.05 Å². The van der Waals surface area contributed by atoms with Crippen molar-refractivity contribution in [3.63, 3.8) is 0 Å². The smallest absolute Gasteiger partial charge is 0.407 e. The molecule has 0 spiro atoms. The molecule has 0 aliphatic heterocycles. The molecular formula is C15H15NO3. The topological polar surface area (TPSA) is 60.8 Å². The molecule has 4 nitrogen and oxygen atoms in total. The number of amides is 1. The third kappa shape index (κ3) is 3.25. The number of nitrogens with zero attached hydrogens (tertiary/aromatic N) is 1. The quantitative estimate of drug-likeness (QED) is 0.887. The first-order chi connectivity index (χ1) is 9.06. The molecular weight excluding hydrogens is 242 g/mol. The SMILES string of the molecule is CN(Cc1cccc(-c2ccc(O)cc2)c1)C(=O)O. The van der Waals surface area contributed by atoms with Gasteiger partial charge in [-0.2, -0.15) is 0 Å². The fraction of sp³-hybridized carbons (Fsp3) is 0.133. The van der Waals surface area contributed by atoms with Gasteiger partial charge in [-0.25, -0.2) is 4.79 Å². The maximum absolute atomic E-state index is 10.8. The van der Waals surface area contributed by atoms with Crippen LogP contribution in [0.5, 0.6) is 5.75 Å². The monoisotopic (exact) mass is 257 g/mol. The van der Waals surface area contributed by atoms with Gasteiger partial charge in [0.15, 0.2) is 0 Å². The van der Waals surface area contributed by atoms with E-state index in [1.54, 1.807) is 12.1 Å². The molecule has 0 saturated heterocycles. The molecule has 0 fully saturated rings. The summed E-state index contributed by atoms with van der Waals surface area (Å²) in [6.07, 6.45) is -0.949. The predicted molar refractivity (Wildman–Crippen MR) is 73.0 cm³/mol. The molecule has 2 aromatic carbocycles. The Bertz CT molecular complexity index is 578. The second-order valence-electron chi connectivity index (χ2n) is 4.39. The van der Waals surface area contributed by atoms with E-state index in [4.69, 9.17) is 5.11 Å². The second kappa shape index (κ2) is 5.44. The molecule has 0 aromatic heterocycles. The molecule has 19 heavy (non-hydrogen) atoms. The van der Waals surface area contributed by atoms with E-state index < -0.39 is 6.09 Å². The number of hydrogen-bond donors (Lipinski definition) is 2. The van der Waals surface area contributed by atoms with Crippen molar-refractivity contribution in [2.24, 2.45) is 0 Å². The normalized spacial score (nSPS) is 10.2. The van der Waals surface area contributed by atoms with E-state index in [-0.39, 0.29) is 5.75 Å². The van der Waals surface area contributed by atoms with Gasteiger partial charge in [0.2, 0.25) is 0 Å². The van der Waals surface area contributed by atoms with E-state index in [1.165, 1.54) is 11.9 Å². The van der Waals surface area contributed by atoms with Crippen molar-refractivity contribution in [1.29, 1.82) is 0 Å². The Kier molecular flexibility index (Phi) is 3.71. The molecule has 0 unspecified atom stereocenters. The zero-order valence-electron chi connectivity index (χ0n) is 10.6. The molecule has 2 aromatic rings. The maximum atomic E-state index is 10.8. The van der Waals surface area contributed by atoms with Gasteiger partial charge < -0.3 is 15.1 Å². The first-order valence-corrected chi connectivity index (χ1v) is 5.88. The van der Waals surface area contributed by atoms with Gasteiger partial charge in [0.05, 0.1) is 0 Å². The van der Waals surface area contributed by atoms with E-state index in [2.05, 4.69) is 0 Å². The van der Waals surface area contributed by atoms with Gasteiger partial charge in [-0.1, -0.05) is 30.3 Å². The molecule has 2 N–H and O–H groups in total. The minimum atomic E-state index is -0.949. The predicted octanol–water partition coefficient (Wildman–Crippen LogP) is 3.17. The molecule has 0 atom stereocenters. The van der Waals surface area contributed by atoms with Gasteiger partial charge >= 0.3 is 6.09 Å². The van der Waals surface area contributed by atoms with Crippen LogP contribution in [0.3, 0.4) is 0 Å². The molecule has 0 aliphatic rings. The lowest BCUT2D eigenvalue weighted by molar-refractivity contribution is 0.154. The Morgan fingerprint density at radius 1 is 1.11 bits per heavy atom. The van der Waals surface area contributed by atoms with E-state index in [1.807, 2.05) is 36.4 Å². The average Bonchev–Trinajstić information content (AvgIpc) is 2.39. The zero-order chi connectivity index (χ0) is 13.8. The summed E-state index contributed by atoms with van der Waals surface area (Å²) in [7, 11) is 1.54. The summed E-state index contributed by atoms with van der Waals surface area (Å²) in [5, 5.41) is 18.1. The Morgan fingerprint density at radius 2 is 1.79 bits per heavy atom. The number of phenols is 1. The number of hydrogen-bond acceptors (Lipinski definition) is 2. The van der Waals surface area contributed by atoms with Crippen LogP contribution < -0.4 is 0 Å². The molecule has 98 valence electrons. The molecule has 0 heterocycles. The minimum absolute atomic E-state index is 0.227. The van der Waals surface area contributed by atoms with Crippen molar-refractivity contribution in [1.82, 2.24) is 4.90 Å². The number of phenolic OH excluding ortho intramolecular Hbond substituents is 1. The molecule has 0 aliphatic carbocycles. The lowest BCUT2D eigenvalue weighted by Crippen LogP contribution is -2.23. The number of aromatic hydroxyl groups is 1. The molecule has 1 amide bonds. The summed E-state index contributed by atoms with van der Waals surface area (Å²) in [5.41, 5.74) is 2.91. The van der Waals surface area contributed by atoms with Crippen LogP contribution in [0.2, 0.25) is 0 Å². The van der Waals surface area contributed by atoms with Gasteiger partial charge in [-0.3, -0.25) is 0 Å². The van der Waals surface area contributed by atoms with Crippen molar-refractivity contribution < 1.29 is 15.0 Å². The third-order valence-electron chi connectivity index (χ3n) is 2.87. The number of benzene rings is 2. The van der Waals surface area contributed by atoms with Crippen molar-refractivity contribution in [2.45, 2.75) is 6.54 Å². The van der Waals surface area contributed by atoms with Gasteiger partial charge in [0.1, 0.15) is 5.75 Å². The maximum Gasteiger partial charge on any atom is 0.407 e. The van der Waals surface area contributed by atoms with E-state index in [9.17, 15) is 9.90 Å². The highest BCUT2D eigenvalue weighted by Gasteiger charge is 2.07. The van der Waals surface area contributed by atoms with E-state index in [0.717, 1.165) is 16.7 Å². The number of carboxylic acid groups (broad SMARTS) is 1. The van der Waals surface area contributed by atoms with Crippen LogP contribution in [-0.4, -0.2) is 28.3 Å². The lowest BCUT2D eigenvalue weighted by atomic mass is 10.0. The van der Waals surface area contributed by atoms with Gasteiger partial charge in [0, 0.05) is 13.6 Å². The fourth-order valence-corrected chi connectivity index (χ4v) is 1.84. The highest BCUT2D eigenvalue weighted by Crippen LogP contribution is 2.23. The van der Waals surface area contributed by atoms with Crippen LogP contribution in [-0.2, 0) is 6.54 Å². The Balaban J connectivity index is 2.24. The molecule has 4 heteroatoms. The van der Waals surface area contributed by atoms with Crippen molar-refractivity contribution in [3.8, 4) is 16.9 Å². The summed E-state index contributed by atoms with van der Waals surface area (Å²) in [6.45, 7) is 0.348. The number of carbonyl (C=O) groups is 1. The number of rotatable bonds is 3. The van der Waals surface area contributed by atoms with Crippen LogP contribution in [0.4, 0.5) is 4.79 Å². The van der Waals surface area contributed by atoms with E-state index >= 15 is 0 Å². The first-order valence-electron chi connectivity index (χ1n) is 5.88. The summed E-state index contributed by atoms with van der Waals surface area (Å²) >= 11 is 0. The van der Waals surface area contributed by atoms with Crippen LogP contribution in [0.25, 0.3) is 11.1 Å². The highest BCUT2D eigenvalue weighted by atomic mass is 16.4. The molecule has 0 radical (unpaired) electrons. The van der Waals surface area contributed by atoms with Gasteiger partial charge in [0.25, 0.3) is 0 Å². The summed E-state index contributed by atoms with van der Waals surface area (Å²) in [6, 6.07) is 14.6. The standard InChI is InChI=1S/C15H15NO3/c1-16(15(18)19)10-11-3-2-4-13(9-11)12-5-7-14(17)8-6-12/h2-9,17H,10H2,1H3,(H,18,19). The summed E-state index contributed by atoms with van der Waals surface area (Å²) < 4.78 is 0. The highest BCUT2D eigenvalue weighted by molar-refractivity contribution is 5.66. The lowest BCUT2D eigenvalue weighted by Gasteiger charge is -2.13. The Hall–Kier alpha value is -2.49. The van der Waals surface area contributed by atoms with Crippen LogP contribution >= 0.6 is 0 Å². The van der Waals surface area contributed by atoms with Crippen molar-refractivity contribution in [3.05, 3.63) is 54.1 Å². The van der Waals surface area contributed by atoms with Crippen LogP contribution in [0.1, 0.15) is 5.56 Å². The summed E-state index contributed by atoms with van der Waals surface area (Å²) in [5.74, 6) is 0.227. The average molecular weight is 257 g/mol. The summed E-state index contributed by atoms with van der Waals surface area (Å²) in [4.78, 5) is 12.0. The molecule has 2 rings (SSSR count). The first kappa shape index (κ1) is 13.0. The van der Waals surface area contributed by atoms with Gasteiger partial charge in [-0.05, 0) is 34.9 Å². The largest absolute Gasteiger partial charge is 0.508 e. The third-order valence-corrected chi connectivity index (χ3v) is 2.87. The molecule has 0 bridgehead atoms. The van der Waals surface area contributed by atoms with Crippen molar-refractivity contribution >= 4 is 6.09 Å². The fourth-order valence-electron chi connectivity index (χ4n) is 1.84. The Morgan fingerprint density at radius 3 is 2.42 bits per heavy atom.